The van der Waals surface area contributed by atoms with Crippen molar-refractivity contribution in [1.29, 1.82) is 5.26 Å². The van der Waals surface area contributed by atoms with Crippen LogP contribution in [0.4, 0.5) is 10.1 Å². The van der Waals surface area contributed by atoms with Crippen LogP contribution in [-0.4, -0.2) is 16.8 Å². The van der Waals surface area contributed by atoms with Crippen LogP contribution in [0.3, 0.4) is 0 Å². The van der Waals surface area contributed by atoms with E-state index in [2.05, 4.69) is 15.6 Å². The number of carbonyl (C=O) groups excluding carboxylic acids is 2. The van der Waals surface area contributed by atoms with Gasteiger partial charge in [0.15, 0.2) is 0 Å². The number of thiazole rings is 1. The quantitative estimate of drug-likeness (QED) is 0.579. The predicted molar refractivity (Wildman–Crippen MR) is 123 cm³/mol. The van der Waals surface area contributed by atoms with Gasteiger partial charge in [0.25, 0.3) is 5.91 Å². The fourth-order valence-corrected chi connectivity index (χ4v) is 5.64. The number of hydrogen-bond donors (Lipinski definition) is 2. The van der Waals surface area contributed by atoms with Crippen molar-refractivity contribution in [3.63, 3.8) is 0 Å². The van der Waals surface area contributed by atoms with E-state index in [1.165, 1.54) is 23.5 Å². The number of aromatic nitrogens is 1. The number of benzene rings is 2. The summed E-state index contributed by atoms with van der Waals surface area (Å²) < 4.78 is 14.3. The van der Waals surface area contributed by atoms with Crippen molar-refractivity contribution in [2.24, 2.45) is 0 Å². The van der Waals surface area contributed by atoms with Gasteiger partial charge in [0.2, 0.25) is 5.91 Å². The molecule has 1 saturated carbocycles. The van der Waals surface area contributed by atoms with Crippen LogP contribution in [0, 0.1) is 17.1 Å². The molecule has 166 valence electrons. The lowest BCUT2D eigenvalue weighted by Crippen LogP contribution is -2.36. The van der Waals surface area contributed by atoms with Gasteiger partial charge in [-0.1, -0.05) is 25.3 Å². The zero-order chi connectivity index (χ0) is 23.0. The summed E-state index contributed by atoms with van der Waals surface area (Å²) in [6.07, 6.45) is 6.54. The molecule has 33 heavy (non-hydrogen) atoms. The monoisotopic (exact) mass is 460 g/mol. The minimum absolute atomic E-state index is 0.0435. The Kier molecular flexibility index (Phi) is 5.43. The molecule has 1 spiro atoms. The molecule has 5 rings (SSSR count). The Labute approximate surface area is 194 Å². The summed E-state index contributed by atoms with van der Waals surface area (Å²) in [6.45, 7) is 0.252. The first-order valence-electron chi connectivity index (χ1n) is 10.9. The molecule has 2 amide bonds. The second kappa shape index (κ2) is 8.41. The second-order valence-corrected chi connectivity index (χ2v) is 9.59. The van der Waals surface area contributed by atoms with E-state index in [0.29, 0.717) is 16.1 Å². The first kappa shape index (κ1) is 21.3. The van der Waals surface area contributed by atoms with Gasteiger partial charge < -0.3 is 10.6 Å². The Morgan fingerprint density at radius 1 is 1.21 bits per heavy atom. The standard InChI is InChI=1S/C25H21FN4O2S/c26-20-10-15(12-27)4-6-18(20)23-29-14-17(33-23)13-28-22(31)16-5-7-19-21(11-16)30-24(32)25(19)8-2-1-3-9-25/h4-7,10-11,14H,1-3,8-9,13H2,(H,28,31)(H,30,32). The molecule has 0 atom stereocenters. The minimum Gasteiger partial charge on any atom is -0.347 e. The number of nitriles is 1. The highest BCUT2D eigenvalue weighted by Crippen LogP contribution is 2.47. The first-order valence-corrected chi connectivity index (χ1v) is 11.7. The number of nitrogens with zero attached hydrogens (tertiary/aromatic N) is 2. The van der Waals surface area contributed by atoms with E-state index >= 15 is 0 Å². The van der Waals surface area contributed by atoms with Crippen LogP contribution < -0.4 is 10.6 Å². The summed E-state index contributed by atoms with van der Waals surface area (Å²) in [5.74, 6) is -0.715. The molecule has 2 heterocycles. The maximum atomic E-state index is 14.3. The fraction of sp³-hybridized carbons (Fsp3) is 0.280. The molecular weight excluding hydrogens is 439 g/mol. The molecular formula is C25H21FN4O2S. The summed E-state index contributed by atoms with van der Waals surface area (Å²) in [5.41, 5.74) is 2.33. The van der Waals surface area contributed by atoms with Gasteiger partial charge in [-0.05, 0) is 48.7 Å². The maximum absolute atomic E-state index is 14.3. The molecule has 2 N–H and O–H groups in total. The Hall–Kier alpha value is -3.57. The average Bonchev–Trinajstić information content (AvgIpc) is 3.40. The van der Waals surface area contributed by atoms with Gasteiger partial charge in [-0.3, -0.25) is 9.59 Å². The minimum atomic E-state index is -0.505. The van der Waals surface area contributed by atoms with E-state index < -0.39 is 11.2 Å². The molecule has 3 aromatic rings. The third-order valence-electron chi connectivity index (χ3n) is 6.49. The van der Waals surface area contributed by atoms with Crippen LogP contribution in [0.1, 0.15) is 58.5 Å². The summed E-state index contributed by atoms with van der Waals surface area (Å²) in [4.78, 5) is 30.5. The number of rotatable bonds is 4. The van der Waals surface area contributed by atoms with Gasteiger partial charge in [-0.2, -0.15) is 5.26 Å². The number of halogens is 1. The van der Waals surface area contributed by atoms with E-state index in [4.69, 9.17) is 5.26 Å². The molecule has 2 aromatic carbocycles. The number of fused-ring (bicyclic) bond motifs is 2. The Balaban J connectivity index is 1.28. The van der Waals surface area contributed by atoms with E-state index in [9.17, 15) is 14.0 Å². The lowest BCUT2D eigenvalue weighted by Gasteiger charge is -2.31. The maximum Gasteiger partial charge on any atom is 0.251 e. The summed E-state index contributed by atoms with van der Waals surface area (Å²) >= 11 is 1.28. The largest absolute Gasteiger partial charge is 0.347 e. The summed E-state index contributed by atoms with van der Waals surface area (Å²) in [6, 6.07) is 11.6. The molecule has 0 unspecified atom stereocenters. The first-order chi connectivity index (χ1) is 16.0. The van der Waals surface area contributed by atoms with Gasteiger partial charge in [0, 0.05) is 27.9 Å². The molecule has 1 aliphatic carbocycles. The molecule has 6 nitrogen and oxygen atoms in total. The third kappa shape index (κ3) is 3.79. The second-order valence-electron chi connectivity index (χ2n) is 8.48. The lowest BCUT2D eigenvalue weighted by atomic mass is 9.70. The number of nitrogens with one attached hydrogen (secondary N) is 2. The van der Waals surface area contributed by atoms with Crippen molar-refractivity contribution in [1.82, 2.24) is 10.3 Å². The van der Waals surface area contributed by atoms with Crippen LogP contribution >= 0.6 is 11.3 Å². The lowest BCUT2D eigenvalue weighted by molar-refractivity contribution is -0.121. The van der Waals surface area contributed by atoms with E-state index in [1.54, 1.807) is 24.4 Å². The Bertz CT molecular complexity index is 1300. The van der Waals surface area contributed by atoms with Crippen LogP contribution in [-0.2, 0) is 16.8 Å². The van der Waals surface area contributed by atoms with Crippen molar-refractivity contribution >= 4 is 28.8 Å². The SMILES string of the molecule is N#Cc1ccc(-c2ncc(CNC(=O)c3ccc4c(c3)NC(=O)C43CCCCC3)s2)c(F)c1. The van der Waals surface area contributed by atoms with Gasteiger partial charge >= 0.3 is 0 Å². The van der Waals surface area contributed by atoms with Gasteiger partial charge in [-0.15, -0.1) is 11.3 Å². The zero-order valence-corrected chi connectivity index (χ0v) is 18.6. The van der Waals surface area contributed by atoms with Crippen molar-refractivity contribution in [2.75, 3.05) is 5.32 Å². The number of amides is 2. The molecule has 1 aliphatic heterocycles. The summed E-state index contributed by atoms with van der Waals surface area (Å²) in [7, 11) is 0. The Morgan fingerprint density at radius 2 is 2.03 bits per heavy atom. The van der Waals surface area contributed by atoms with Crippen molar-refractivity contribution in [3.05, 3.63) is 70.0 Å². The Morgan fingerprint density at radius 3 is 2.79 bits per heavy atom. The van der Waals surface area contributed by atoms with E-state index in [0.717, 1.165) is 48.2 Å². The fourth-order valence-electron chi connectivity index (χ4n) is 4.76. The molecule has 0 saturated heterocycles. The molecule has 2 aliphatic rings. The van der Waals surface area contributed by atoms with E-state index in [1.807, 2.05) is 12.1 Å². The topological polar surface area (TPSA) is 94.9 Å². The van der Waals surface area contributed by atoms with Crippen molar-refractivity contribution < 1.29 is 14.0 Å². The average molecular weight is 461 g/mol. The highest BCUT2D eigenvalue weighted by Gasteiger charge is 2.47. The zero-order valence-electron chi connectivity index (χ0n) is 17.8. The van der Waals surface area contributed by atoms with Crippen LogP contribution in [0.25, 0.3) is 10.6 Å². The van der Waals surface area contributed by atoms with Gasteiger partial charge in [0.1, 0.15) is 10.8 Å². The van der Waals surface area contributed by atoms with Crippen LogP contribution in [0.2, 0.25) is 0 Å². The highest BCUT2D eigenvalue weighted by molar-refractivity contribution is 7.15. The van der Waals surface area contributed by atoms with E-state index in [-0.39, 0.29) is 23.9 Å². The number of carbonyl (C=O) groups is 2. The highest BCUT2D eigenvalue weighted by atomic mass is 32.1. The number of anilines is 1. The molecule has 0 bridgehead atoms. The summed E-state index contributed by atoms with van der Waals surface area (Å²) in [5, 5.41) is 15.2. The molecule has 1 fully saturated rings. The molecule has 1 aromatic heterocycles. The normalized spacial score (nSPS) is 16.2. The van der Waals surface area contributed by atoms with Gasteiger partial charge in [-0.25, -0.2) is 9.37 Å². The van der Waals surface area contributed by atoms with Crippen LogP contribution in [0.15, 0.2) is 42.6 Å². The van der Waals surface area contributed by atoms with Crippen molar-refractivity contribution in [3.8, 4) is 16.6 Å². The predicted octanol–water partition coefficient (Wildman–Crippen LogP) is 4.90. The number of hydrogen-bond acceptors (Lipinski definition) is 5. The van der Waals surface area contributed by atoms with Crippen molar-refractivity contribution in [2.45, 2.75) is 44.1 Å². The molecule has 8 heteroatoms. The van der Waals surface area contributed by atoms with Crippen LogP contribution in [0.5, 0.6) is 0 Å². The third-order valence-corrected chi connectivity index (χ3v) is 7.52. The molecule has 0 radical (unpaired) electrons. The smallest absolute Gasteiger partial charge is 0.251 e. The van der Waals surface area contributed by atoms with Gasteiger partial charge in [0.05, 0.1) is 23.6 Å².